The van der Waals surface area contributed by atoms with Gasteiger partial charge in [-0.25, -0.2) is 22.8 Å². The second-order valence-electron chi connectivity index (χ2n) is 8.61. The van der Waals surface area contributed by atoms with E-state index in [0.29, 0.717) is 0 Å². The second-order valence-corrected chi connectivity index (χ2v) is 8.61. The SMILES string of the molecule is C=C(C)C(=O)OC(C)=C(C)Oc1ccc(-c2ccc(-c3ccc(OC(=O)C(=C)C)cc3)c(F)c2F)c(F)c1F. The van der Waals surface area contributed by atoms with Gasteiger partial charge in [0, 0.05) is 27.8 Å². The van der Waals surface area contributed by atoms with Crippen molar-refractivity contribution in [2.24, 2.45) is 0 Å². The number of benzene rings is 3. The van der Waals surface area contributed by atoms with Gasteiger partial charge in [-0.3, -0.25) is 0 Å². The molecule has 0 N–H and O–H groups in total. The summed E-state index contributed by atoms with van der Waals surface area (Å²) in [4.78, 5) is 23.3. The quantitative estimate of drug-likeness (QED) is 0.0959. The molecule has 0 bridgehead atoms. The van der Waals surface area contributed by atoms with Crippen LogP contribution in [0, 0.1) is 23.3 Å². The van der Waals surface area contributed by atoms with Gasteiger partial charge in [0.05, 0.1) is 0 Å². The van der Waals surface area contributed by atoms with Gasteiger partial charge >= 0.3 is 11.9 Å². The molecule has 0 aromatic heterocycles. The van der Waals surface area contributed by atoms with Crippen LogP contribution in [0.1, 0.15) is 27.7 Å². The third-order valence-corrected chi connectivity index (χ3v) is 5.50. The van der Waals surface area contributed by atoms with Gasteiger partial charge in [0.1, 0.15) is 17.3 Å². The van der Waals surface area contributed by atoms with Crippen molar-refractivity contribution in [3.05, 3.63) is 108 Å². The Hall–Kier alpha value is -4.66. The van der Waals surface area contributed by atoms with Gasteiger partial charge in [0.2, 0.25) is 5.82 Å². The molecule has 0 aliphatic rings. The number of carbonyl (C=O) groups is 2. The first-order chi connectivity index (χ1) is 18.3. The highest BCUT2D eigenvalue weighted by Gasteiger charge is 2.22. The molecule has 0 spiro atoms. The monoisotopic (exact) mass is 540 g/mol. The van der Waals surface area contributed by atoms with Gasteiger partial charge in [-0.2, -0.15) is 4.39 Å². The lowest BCUT2D eigenvalue weighted by Crippen LogP contribution is -2.08. The zero-order valence-corrected chi connectivity index (χ0v) is 21.6. The van der Waals surface area contributed by atoms with Crippen LogP contribution in [0.2, 0.25) is 0 Å². The molecule has 0 atom stereocenters. The second kappa shape index (κ2) is 11.8. The Balaban J connectivity index is 1.89. The summed E-state index contributed by atoms with van der Waals surface area (Å²) in [6, 6.07) is 10.0. The fourth-order valence-electron chi connectivity index (χ4n) is 3.23. The number of halogens is 4. The Labute approximate surface area is 222 Å². The van der Waals surface area contributed by atoms with Crippen LogP contribution in [-0.4, -0.2) is 11.9 Å². The average Bonchev–Trinajstić information content (AvgIpc) is 2.89. The molecule has 3 rings (SSSR count). The van der Waals surface area contributed by atoms with Gasteiger partial charge in [-0.05, 0) is 57.5 Å². The topological polar surface area (TPSA) is 61.8 Å². The molecule has 0 unspecified atom stereocenters. The number of hydrogen-bond donors (Lipinski definition) is 0. The van der Waals surface area contributed by atoms with Crippen molar-refractivity contribution in [3.8, 4) is 33.8 Å². The van der Waals surface area contributed by atoms with Crippen LogP contribution in [-0.2, 0) is 14.3 Å². The van der Waals surface area contributed by atoms with Crippen molar-refractivity contribution in [2.75, 3.05) is 0 Å². The summed E-state index contributed by atoms with van der Waals surface area (Å²) in [5.74, 6) is -7.36. The van der Waals surface area contributed by atoms with Crippen molar-refractivity contribution >= 4 is 11.9 Å². The van der Waals surface area contributed by atoms with E-state index in [0.717, 1.165) is 18.2 Å². The molecule has 0 fully saturated rings. The highest BCUT2D eigenvalue weighted by Crippen LogP contribution is 2.36. The minimum atomic E-state index is -1.47. The van der Waals surface area contributed by atoms with Crippen LogP contribution in [0.4, 0.5) is 17.6 Å². The number of rotatable bonds is 8. The third kappa shape index (κ3) is 6.43. The Bertz CT molecular complexity index is 1520. The van der Waals surface area contributed by atoms with Crippen LogP contribution in [0.25, 0.3) is 22.3 Å². The van der Waals surface area contributed by atoms with Crippen LogP contribution in [0.15, 0.2) is 84.4 Å². The average molecular weight is 541 g/mol. The van der Waals surface area contributed by atoms with E-state index < -0.39 is 52.1 Å². The maximum Gasteiger partial charge on any atom is 0.338 e. The molecule has 39 heavy (non-hydrogen) atoms. The van der Waals surface area contributed by atoms with Crippen molar-refractivity contribution in [3.63, 3.8) is 0 Å². The Morgan fingerprint density at radius 1 is 0.590 bits per heavy atom. The van der Waals surface area contributed by atoms with E-state index >= 15 is 8.78 Å². The molecule has 0 aliphatic heterocycles. The molecule has 0 heterocycles. The van der Waals surface area contributed by atoms with Crippen molar-refractivity contribution < 1.29 is 41.4 Å². The standard InChI is InChI=1S/C30H24F4O5/c1-15(2)29(35)38-18(6)17(5)37-24-14-13-23(27(33)28(24)34)22-12-11-21(25(31)26(22)32)19-7-9-20(10-8-19)39-30(36)16(3)4/h7-14H,1,3H2,2,4-6H3. The van der Waals surface area contributed by atoms with Gasteiger partial charge in [-0.1, -0.05) is 37.4 Å². The lowest BCUT2D eigenvalue weighted by molar-refractivity contribution is -0.135. The van der Waals surface area contributed by atoms with Crippen molar-refractivity contribution in [2.45, 2.75) is 27.7 Å². The molecular weight excluding hydrogens is 516 g/mol. The van der Waals surface area contributed by atoms with Gasteiger partial charge in [0.25, 0.3) is 0 Å². The van der Waals surface area contributed by atoms with Crippen LogP contribution in [0.5, 0.6) is 11.5 Å². The van der Waals surface area contributed by atoms with E-state index in [9.17, 15) is 18.4 Å². The minimum absolute atomic E-state index is 0.00222. The zero-order valence-electron chi connectivity index (χ0n) is 21.6. The molecule has 5 nitrogen and oxygen atoms in total. The number of esters is 2. The van der Waals surface area contributed by atoms with Crippen LogP contribution in [0.3, 0.4) is 0 Å². The highest BCUT2D eigenvalue weighted by atomic mass is 19.2. The number of hydrogen-bond acceptors (Lipinski definition) is 5. The molecule has 3 aromatic carbocycles. The molecule has 202 valence electrons. The van der Waals surface area contributed by atoms with Crippen molar-refractivity contribution in [1.82, 2.24) is 0 Å². The van der Waals surface area contributed by atoms with Gasteiger partial charge < -0.3 is 14.2 Å². The summed E-state index contributed by atoms with van der Waals surface area (Å²) in [6.07, 6.45) is 0. The molecule has 9 heteroatoms. The van der Waals surface area contributed by atoms with E-state index in [-0.39, 0.29) is 39.5 Å². The summed E-state index contributed by atoms with van der Waals surface area (Å²) in [5.41, 5.74) is -0.604. The fraction of sp³-hybridized carbons (Fsp3) is 0.133. The van der Waals surface area contributed by atoms with E-state index in [1.54, 1.807) is 0 Å². The van der Waals surface area contributed by atoms with E-state index in [1.165, 1.54) is 58.0 Å². The predicted molar refractivity (Wildman–Crippen MR) is 138 cm³/mol. The van der Waals surface area contributed by atoms with E-state index in [1.807, 2.05) is 0 Å². The fourth-order valence-corrected chi connectivity index (χ4v) is 3.23. The molecule has 0 radical (unpaired) electrons. The molecular formula is C30H24F4O5. The molecule has 3 aromatic rings. The predicted octanol–water partition coefficient (Wildman–Crippen LogP) is 7.81. The molecule has 0 amide bonds. The first kappa shape index (κ1) is 28.9. The first-order valence-corrected chi connectivity index (χ1v) is 11.5. The summed E-state index contributed by atoms with van der Waals surface area (Å²) in [5, 5.41) is 0. The lowest BCUT2D eigenvalue weighted by atomic mass is 9.98. The normalized spacial score (nSPS) is 11.4. The molecule has 0 saturated heterocycles. The summed E-state index contributed by atoms with van der Waals surface area (Å²) in [6.45, 7) is 12.6. The van der Waals surface area contributed by atoms with Crippen molar-refractivity contribution in [1.29, 1.82) is 0 Å². The van der Waals surface area contributed by atoms with Crippen LogP contribution < -0.4 is 9.47 Å². The number of carbonyl (C=O) groups excluding carboxylic acids is 2. The van der Waals surface area contributed by atoms with Crippen LogP contribution >= 0.6 is 0 Å². The van der Waals surface area contributed by atoms with Gasteiger partial charge in [-0.15, -0.1) is 0 Å². The Morgan fingerprint density at radius 3 is 1.64 bits per heavy atom. The zero-order chi connectivity index (χ0) is 29.0. The Morgan fingerprint density at radius 2 is 1.08 bits per heavy atom. The maximum absolute atomic E-state index is 15.1. The van der Waals surface area contributed by atoms with E-state index in [4.69, 9.17) is 14.2 Å². The molecule has 0 saturated carbocycles. The summed E-state index contributed by atoms with van der Waals surface area (Å²) >= 11 is 0. The van der Waals surface area contributed by atoms with Gasteiger partial charge in [0.15, 0.2) is 23.2 Å². The number of ether oxygens (including phenoxy) is 3. The first-order valence-electron chi connectivity index (χ1n) is 11.5. The van der Waals surface area contributed by atoms with E-state index in [2.05, 4.69) is 13.2 Å². The maximum atomic E-state index is 15.1. The Kier molecular flexibility index (Phi) is 8.75. The third-order valence-electron chi connectivity index (χ3n) is 5.50. The smallest absolute Gasteiger partial charge is 0.338 e. The largest absolute Gasteiger partial charge is 0.455 e. The summed E-state index contributed by atoms with van der Waals surface area (Å²) < 4.78 is 75.2. The molecule has 0 aliphatic carbocycles. The highest BCUT2D eigenvalue weighted by molar-refractivity contribution is 5.89. The number of allylic oxidation sites excluding steroid dienone is 2. The summed E-state index contributed by atoms with van der Waals surface area (Å²) in [7, 11) is 0. The lowest BCUT2D eigenvalue weighted by Gasteiger charge is -2.14. The minimum Gasteiger partial charge on any atom is -0.455 e.